The molecule has 0 aromatic carbocycles. The molecule has 0 saturated heterocycles. The quantitative estimate of drug-likeness (QED) is 0.611. The summed E-state index contributed by atoms with van der Waals surface area (Å²) >= 11 is 0. The molecule has 0 saturated carbocycles. The van der Waals surface area contributed by atoms with Crippen LogP contribution in [0.1, 0.15) is 44.9 Å². The number of carbonyl (C=O) groups excluding carboxylic acids is 1. The average Bonchev–Trinajstić information content (AvgIpc) is 2.32. The Labute approximate surface area is 104 Å². The molecule has 17 heavy (non-hydrogen) atoms. The molecule has 0 spiro atoms. The van der Waals surface area contributed by atoms with Crippen LogP contribution >= 0.6 is 0 Å². The van der Waals surface area contributed by atoms with Gasteiger partial charge in [-0.05, 0) is 19.3 Å². The number of hydrogen-bond donors (Lipinski definition) is 0. The maximum Gasteiger partial charge on any atom is 0.183 e. The standard InChI is InChI=1S/C14H24O3/c15-14-12-16-10-8-6-4-2-1-3-5-7-9-11-17-13-14/h6,8H,1-5,7,9-13H2. The third-order valence-corrected chi connectivity index (χ3v) is 2.82. The third-order valence-electron chi connectivity index (χ3n) is 2.82. The van der Waals surface area contributed by atoms with Crippen molar-refractivity contribution in [2.75, 3.05) is 26.4 Å². The highest BCUT2D eigenvalue weighted by Gasteiger charge is 2.01. The summed E-state index contributed by atoms with van der Waals surface area (Å²) in [7, 11) is 0. The minimum atomic E-state index is 0.0329. The fourth-order valence-electron chi connectivity index (χ4n) is 1.83. The number of rotatable bonds is 0. The molecule has 0 N–H and O–H groups in total. The van der Waals surface area contributed by atoms with Gasteiger partial charge in [-0.3, -0.25) is 4.79 Å². The first-order chi connectivity index (χ1) is 8.39. The molecular weight excluding hydrogens is 216 g/mol. The second-order valence-electron chi connectivity index (χ2n) is 4.49. The van der Waals surface area contributed by atoms with Crippen molar-refractivity contribution in [1.82, 2.24) is 0 Å². The normalized spacial score (nSPS) is 22.5. The molecule has 0 unspecified atom stereocenters. The minimum absolute atomic E-state index is 0.0329. The van der Waals surface area contributed by atoms with Gasteiger partial charge in [0.15, 0.2) is 5.78 Å². The fraction of sp³-hybridized carbons (Fsp3) is 0.786. The number of allylic oxidation sites excluding steroid dienone is 1. The van der Waals surface area contributed by atoms with E-state index in [9.17, 15) is 4.79 Å². The molecular formula is C14H24O3. The lowest BCUT2D eigenvalue weighted by molar-refractivity contribution is -0.127. The Hall–Kier alpha value is -0.670. The smallest absolute Gasteiger partial charge is 0.183 e. The van der Waals surface area contributed by atoms with E-state index in [0.29, 0.717) is 13.2 Å². The van der Waals surface area contributed by atoms with E-state index in [2.05, 4.69) is 6.08 Å². The first kappa shape index (κ1) is 14.4. The van der Waals surface area contributed by atoms with Crippen LogP contribution in [-0.4, -0.2) is 32.2 Å². The highest BCUT2D eigenvalue weighted by molar-refractivity contribution is 5.80. The van der Waals surface area contributed by atoms with Crippen molar-refractivity contribution in [3.8, 4) is 0 Å². The van der Waals surface area contributed by atoms with Crippen LogP contribution in [0.2, 0.25) is 0 Å². The Morgan fingerprint density at radius 2 is 1.53 bits per heavy atom. The van der Waals surface area contributed by atoms with Crippen molar-refractivity contribution < 1.29 is 14.3 Å². The van der Waals surface area contributed by atoms with Crippen LogP contribution < -0.4 is 0 Å². The summed E-state index contributed by atoms with van der Waals surface area (Å²) in [5.74, 6) is 0.0329. The maximum atomic E-state index is 11.3. The predicted octanol–water partition coefficient (Wildman–Crippen LogP) is 2.89. The molecule has 1 rings (SSSR count). The Balaban J connectivity index is 2.19. The van der Waals surface area contributed by atoms with E-state index in [-0.39, 0.29) is 19.0 Å². The van der Waals surface area contributed by atoms with Crippen LogP contribution in [0.5, 0.6) is 0 Å². The fourth-order valence-corrected chi connectivity index (χ4v) is 1.83. The van der Waals surface area contributed by atoms with Crippen LogP contribution in [0.25, 0.3) is 0 Å². The van der Waals surface area contributed by atoms with Gasteiger partial charge in [0.1, 0.15) is 13.2 Å². The van der Waals surface area contributed by atoms with Gasteiger partial charge in [0.05, 0.1) is 6.61 Å². The van der Waals surface area contributed by atoms with E-state index in [4.69, 9.17) is 9.47 Å². The molecule has 0 bridgehead atoms. The number of ketones is 1. The van der Waals surface area contributed by atoms with E-state index in [1.165, 1.54) is 32.1 Å². The highest BCUT2D eigenvalue weighted by atomic mass is 16.5. The van der Waals surface area contributed by atoms with Gasteiger partial charge in [0.25, 0.3) is 0 Å². The summed E-state index contributed by atoms with van der Waals surface area (Å²) < 4.78 is 10.5. The lowest BCUT2D eigenvalue weighted by atomic mass is 10.1. The molecule has 0 aromatic rings. The second kappa shape index (κ2) is 10.5. The summed E-state index contributed by atoms with van der Waals surface area (Å²) in [4.78, 5) is 11.3. The molecule has 3 heteroatoms. The van der Waals surface area contributed by atoms with Crippen molar-refractivity contribution in [3.05, 3.63) is 12.2 Å². The van der Waals surface area contributed by atoms with Gasteiger partial charge in [-0.2, -0.15) is 0 Å². The Bertz CT molecular complexity index is 224. The van der Waals surface area contributed by atoms with Gasteiger partial charge in [0.2, 0.25) is 0 Å². The van der Waals surface area contributed by atoms with Crippen LogP contribution in [0, 0.1) is 0 Å². The molecule has 98 valence electrons. The summed E-state index contributed by atoms with van der Waals surface area (Å²) in [6.45, 7) is 1.60. The van der Waals surface area contributed by atoms with Crippen molar-refractivity contribution in [2.24, 2.45) is 0 Å². The number of Topliss-reactive ketones (excluding diaryl/α,β-unsaturated/α-hetero) is 1. The van der Waals surface area contributed by atoms with Gasteiger partial charge < -0.3 is 9.47 Å². The van der Waals surface area contributed by atoms with Crippen LogP contribution in [0.15, 0.2) is 12.2 Å². The molecule has 0 atom stereocenters. The lowest BCUT2D eigenvalue weighted by Crippen LogP contribution is -2.16. The number of carbonyl (C=O) groups is 1. The topological polar surface area (TPSA) is 35.5 Å². The SMILES string of the molecule is O=C1COCC=CCCCCCCCCOC1. The first-order valence-electron chi connectivity index (χ1n) is 6.72. The van der Waals surface area contributed by atoms with Crippen LogP contribution in [0.3, 0.4) is 0 Å². The second-order valence-corrected chi connectivity index (χ2v) is 4.49. The average molecular weight is 240 g/mol. The van der Waals surface area contributed by atoms with E-state index >= 15 is 0 Å². The zero-order valence-electron chi connectivity index (χ0n) is 10.7. The van der Waals surface area contributed by atoms with Crippen LogP contribution in [-0.2, 0) is 14.3 Å². The van der Waals surface area contributed by atoms with E-state index in [0.717, 1.165) is 12.8 Å². The van der Waals surface area contributed by atoms with Crippen molar-refractivity contribution in [3.63, 3.8) is 0 Å². The highest BCUT2D eigenvalue weighted by Crippen LogP contribution is 2.07. The molecule has 3 nitrogen and oxygen atoms in total. The molecule has 0 fully saturated rings. The van der Waals surface area contributed by atoms with Crippen LogP contribution in [0.4, 0.5) is 0 Å². The largest absolute Gasteiger partial charge is 0.374 e. The molecule has 0 aliphatic carbocycles. The van der Waals surface area contributed by atoms with E-state index in [1.54, 1.807) is 0 Å². The van der Waals surface area contributed by atoms with Gasteiger partial charge in [-0.15, -0.1) is 0 Å². The summed E-state index contributed by atoms with van der Waals surface area (Å²) in [5.41, 5.74) is 0. The summed E-state index contributed by atoms with van der Waals surface area (Å²) in [6.07, 6.45) is 12.7. The zero-order valence-corrected chi connectivity index (χ0v) is 10.7. The van der Waals surface area contributed by atoms with Crippen molar-refractivity contribution in [2.45, 2.75) is 44.9 Å². The van der Waals surface area contributed by atoms with Gasteiger partial charge in [0, 0.05) is 6.61 Å². The van der Waals surface area contributed by atoms with E-state index in [1.807, 2.05) is 6.08 Å². The zero-order chi connectivity index (χ0) is 12.2. The van der Waals surface area contributed by atoms with Crippen molar-refractivity contribution >= 4 is 5.78 Å². The third kappa shape index (κ3) is 9.07. The number of hydrogen-bond acceptors (Lipinski definition) is 3. The first-order valence-corrected chi connectivity index (χ1v) is 6.72. The predicted molar refractivity (Wildman–Crippen MR) is 68.1 cm³/mol. The van der Waals surface area contributed by atoms with Gasteiger partial charge in [-0.25, -0.2) is 0 Å². The molecule has 1 heterocycles. The molecule has 0 amide bonds. The number of ether oxygens (including phenoxy) is 2. The maximum absolute atomic E-state index is 11.3. The summed E-state index contributed by atoms with van der Waals surface area (Å²) in [5, 5.41) is 0. The van der Waals surface area contributed by atoms with Gasteiger partial charge >= 0.3 is 0 Å². The van der Waals surface area contributed by atoms with Gasteiger partial charge in [-0.1, -0.05) is 37.8 Å². The monoisotopic (exact) mass is 240 g/mol. The molecule has 1 aliphatic rings. The molecule has 0 radical (unpaired) electrons. The Morgan fingerprint density at radius 1 is 0.824 bits per heavy atom. The minimum Gasteiger partial charge on any atom is -0.374 e. The Morgan fingerprint density at radius 3 is 2.41 bits per heavy atom. The van der Waals surface area contributed by atoms with Crippen molar-refractivity contribution in [1.29, 1.82) is 0 Å². The molecule has 1 aliphatic heterocycles. The molecule has 0 aromatic heterocycles. The Kier molecular flexibility index (Phi) is 8.87. The summed E-state index contributed by atoms with van der Waals surface area (Å²) in [6, 6.07) is 0. The van der Waals surface area contributed by atoms with E-state index < -0.39 is 0 Å². The lowest BCUT2D eigenvalue weighted by Gasteiger charge is -2.05.